The van der Waals surface area contributed by atoms with Crippen LogP contribution in [0.5, 0.6) is 5.75 Å². The SMILES string of the molecule is COc1ccc(CN(CCN2CCCCCC2)C(C)C)cc1CO. The lowest BCUT2D eigenvalue weighted by Crippen LogP contribution is -2.38. The van der Waals surface area contributed by atoms with E-state index in [1.165, 1.54) is 44.3 Å². The monoisotopic (exact) mass is 334 g/mol. The van der Waals surface area contributed by atoms with Crippen LogP contribution in [-0.2, 0) is 13.2 Å². The highest BCUT2D eigenvalue weighted by atomic mass is 16.5. The molecular weight excluding hydrogens is 300 g/mol. The van der Waals surface area contributed by atoms with Crippen molar-refractivity contribution in [1.29, 1.82) is 0 Å². The Hall–Kier alpha value is -1.10. The fourth-order valence-electron chi connectivity index (χ4n) is 3.44. The van der Waals surface area contributed by atoms with Crippen LogP contribution in [0.3, 0.4) is 0 Å². The van der Waals surface area contributed by atoms with Gasteiger partial charge >= 0.3 is 0 Å². The van der Waals surface area contributed by atoms with E-state index >= 15 is 0 Å². The fraction of sp³-hybridized carbons (Fsp3) is 0.700. The molecule has 1 aliphatic heterocycles. The number of ether oxygens (including phenoxy) is 1. The second-order valence-corrected chi connectivity index (χ2v) is 7.12. The van der Waals surface area contributed by atoms with Gasteiger partial charge in [0.25, 0.3) is 0 Å². The van der Waals surface area contributed by atoms with Crippen molar-refractivity contribution in [2.24, 2.45) is 0 Å². The Morgan fingerprint density at radius 2 is 1.88 bits per heavy atom. The maximum Gasteiger partial charge on any atom is 0.124 e. The summed E-state index contributed by atoms with van der Waals surface area (Å²) in [5, 5.41) is 9.52. The Morgan fingerprint density at radius 3 is 2.46 bits per heavy atom. The molecule has 0 amide bonds. The average Bonchev–Trinajstić information content (AvgIpc) is 2.86. The number of hydrogen-bond donors (Lipinski definition) is 1. The molecule has 1 heterocycles. The zero-order valence-corrected chi connectivity index (χ0v) is 15.6. The van der Waals surface area contributed by atoms with Crippen LogP contribution < -0.4 is 4.74 Å². The topological polar surface area (TPSA) is 35.9 Å². The molecule has 0 atom stereocenters. The number of hydrogen-bond acceptors (Lipinski definition) is 4. The van der Waals surface area contributed by atoms with Gasteiger partial charge in [0, 0.05) is 31.2 Å². The first-order valence-electron chi connectivity index (χ1n) is 9.37. The molecule has 4 heteroatoms. The number of aliphatic hydroxyl groups excluding tert-OH is 1. The lowest BCUT2D eigenvalue weighted by molar-refractivity contribution is 0.170. The molecule has 1 fully saturated rings. The predicted octanol–water partition coefficient (Wildman–Crippen LogP) is 3.27. The van der Waals surface area contributed by atoms with Crippen molar-refractivity contribution in [1.82, 2.24) is 9.80 Å². The minimum absolute atomic E-state index is 0.0203. The van der Waals surface area contributed by atoms with Crippen LogP contribution in [0, 0.1) is 0 Å². The van der Waals surface area contributed by atoms with Crippen molar-refractivity contribution < 1.29 is 9.84 Å². The number of benzene rings is 1. The van der Waals surface area contributed by atoms with E-state index in [1.54, 1.807) is 7.11 Å². The van der Waals surface area contributed by atoms with Crippen LogP contribution in [0.1, 0.15) is 50.7 Å². The van der Waals surface area contributed by atoms with Gasteiger partial charge in [-0.15, -0.1) is 0 Å². The predicted molar refractivity (Wildman–Crippen MR) is 99.4 cm³/mol. The van der Waals surface area contributed by atoms with E-state index < -0.39 is 0 Å². The van der Waals surface area contributed by atoms with E-state index in [9.17, 15) is 5.11 Å². The molecule has 1 aliphatic rings. The van der Waals surface area contributed by atoms with E-state index in [-0.39, 0.29) is 6.61 Å². The number of methoxy groups -OCH3 is 1. The summed E-state index contributed by atoms with van der Waals surface area (Å²) in [5.74, 6) is 0.766. The second kappa shape index (κ2) is 10.0. The molecule has 1 aromatic carbocycles. The number of aliphatic hydroxyl groups is 1. The standard InChI is InChI=1S/C20H34N2O2/c1-17(2)22(13-12-21-10-6-4-5-7-11-21)15-18-8-9-20(24-3)19(14-18)16-23/h8-9,14,17,23H,4-7,10-13,15-16H2,1-3H3. The molecule has 0 saturated carbocycles. The summed E-state index contributed by atoms with van der Waals surface area (Å²) in [4.78, 5) is 5.14. The minimum atomic E-state index is 0.0203. The van der Waals surface area contributed by atoms with Crippen LogP contribution in [-0.4, -0.2) is 54.2 Å². The summed E-state index contributed by atoms with van der Waals surface area (Å²) in [7, 11) is 1.65. The summed E-state index contributed by atoms with van der Waals surface area (Å²) in [5.41, 5.74) is 2.11. The van der Waals surface area contributed by atoms with E-state index in [4.69, 9.17) is 4.74 Å². The Bertz CT molecular complexity index is 483. The van der Waals surface area contributed by atoms with Gasteiger partial charge in [-0.1, -0.05) is 18.9 Å². The molecule has 1 aromatic rings. The van der Waals surface area contributed by atoms with Crippen molar-refractivity contribution in [3.05, 3.63) is 29.3 Å². The molecule has 0 bridgehead atoms. The van der Waals surface area contributed by atoms with Crippen molar-refractivity contribution in [3.63, 3.8) is 0 Å². The molecule has 0 spiro atoms. The zero-order valence-electron chi connectivity index (χ0n) is 15.6. The highest BCUT2D eigenvalue weighted by Gasteiger charge is 2.15. The Morgan fingerprint density at radius 1 is 1.17 bits per heavy atom. The van der Waals surface area contributed by atoms with E-state index in [0.29, 0.717) is 6.04 Å². The van der Waals surface area contributed by atoms with Gasteiger partial charge in [0.15, 0.2) is 0 Å². The summed E-state index contributed by atoms with van der Waals surface area (Å²) in [6.07, 6.45) is 5.47. The molecular formula is C20H34N2O2. The summed E-state index contributed by atoms with van der Waals surface area (Å²) >= 11 is 0. The highest BCUT2D eigenvalue weighted by Crippen LogP contribution is 2.21. The lowest BCUT2D eigenvalue weighted by atomic mass is 10.1. The molecule has 0 radical (unpaired) electrons. The smallest absolute Gasteiger partial charge is 0.124 e. The van der Waals surface area contributed by atoms with Crippen LogP contribution >= 0.6 is 0 Å². The van der Waals surface area contributed by atoms with Crippen molar-refractivity contribution in [3.8, 4) is 5.75 Å². The zero-order chi connectivity index (χ0) is 17.4. The Labute approximate surface area is 147 Å². The van der Waals surface area contributed by atoms with Gasteiger partial charge in [-0.25, -0.2) is 0 Å². The summed E-state index contributed by atoms with van der Waals surface area (Å²) in [6.45, 7) is 10.2. The molecule has 1 N–H and O–H groups in total. The van der Waals surface area contributed by atoms with Crippen molar-refractivity contribution in [2.45, 2.75) is 58.7 Å². The van der Waals surface area contributed by atoms with Gasteiger partial charge in [0.05, 0.1) is 13.7 Å². The Kier molecular flexibility index (Phi) is 8.03. The van der Waals surface area contributed by atoms with E-state index in [0.717, 1.165) is 30.9 Å². The van der Waals surface area contributed by atoms with Gasteiger partial charge < -0.3 is 14.7 Å². The van der Waals surface area contributed by atoms with Gasteiger partial charge in [0.2, 0.25) is 0 Å². The van der Waals surface area contributed by atoms with Crippen molar-refractivity contribution in [2.75, 3.05) is 33.3 Å². The molecule has 2 rings (SSSR count). The number of likely N-dealkylation sites (tertiary alicyclic amines) is 1. The molecule has 0 unspecified atom stereocenters. The quantitative estimate of drug-likeness (QED) is 0.791. The molecule has 24 heavy (non-hydrogen) atoms. The van der Waals surface area contributed by atoms with E-state index in [2.05, 4.69) is 35.8 Å². The van der Waals surface area contributed by atoms with Gasteiger partial charge in [-0.3, -0.25) is 4.90 Å². The van der Waals surface area contributed by atoms with Gasteiger partial charge in [-0.05, 0) is 57.5 Å². The second-order valence-electron chi connectivity index (χ2n) is 7.12. The maximum atomic E-state index is 9.52. The maximum absolute atomic E-state index is 9.52. The minimum Gasteiger partial charge on any atom is -0.496 e. The van der Waals surface area contributed by atoms with Gasteiger partial charge in [0.1, 0.15) is 5.75 Å². The highest BCUT2D eigenvalue weighted by molar-refractivity contribution is 5.36. The van der Waals surface area contributed by atoms with Gasteiger partial charge in [-0.2, -0.15) is 0 Å². The largest absolute Gasteiger partial charge is 0.496 e. The Balaban J connectivity index is 1.95. The third-order valence-electron chi connectivity index (χ3n) is 5.03. The number of nitrogens with zero attached hydrogens (tertiary/aromatic N) is 2. The van der Waals surface area contributed by atoms with Crippen LogP contribution in [0.2, 0.25) is 0 Å². The first-order valence-corrected chi connectivity index (χ1v) is 9.37. The average molecular weight is 335 g/mol. The normalized spacial score (nSPS) is 16.6. The lowest BCUT2D eigenvalue weighted by Gasteiger charge is -2.30. The molecule has 136 valence electrons. The number of rotatable bonds is 8. The first kappa shape index (κ1) is 19.2. The third-order valence-corrected chi connectivity index (χ3v) is 5.03. The van der Waals surface area contributed by atoms with Crippen LogP contribution in [0.15, 0.2) is 18.2 Å². The third kappa shape index (κ3) is 5.76. The fourth-order valence-corrected chi connectivity index (χ4v) is 3.44. The van der Waals surface area contributed by atoms with Crippen LogP contribution in [0.25, 0.3) is 0 Å². The summed E-state index contributed by atoms with van der Waals surface area (Å²) < 4.78 is 5.30. The van der Waals surface area contributed by atoms with Crippen molar-refractivity contribution >= 4 is 0 Å². The molecule has 0 aromatic heterocycles. The molecule has 0 aliphatic carbocycles. The first-order chi connectivity index (χ1) is 11.6. The summed E-state index contributed by atoms with van der Waals surface area (Å²) in [6, 6.07) is 6.66. The molecule has 1 saturated heterocycles. The molecule has 4 nitrogen and oxygen atoms in total. The van der Waals surface area contributed by atoms with E-state index in [1.807, 2.05) is 6.07 Å². The van der Waals surface area contributed by atoms with Crippen LogP contribution in [0.4, 0.5) is 0 Å².